The van der Waals surface area contributed by atoms with E-state index in [1.54, 1.807) is 0 Å². The van der Waals surface area contributed by atoms with Gasteiger partial charge in [0.1, 0.15) is 17.1 Å². The lowest BCUT2D eigenvalue weighted by Crippen LogP contribution is -2.07. The van der Waals surface area contributed by atoms with Gasteiger partial charge in [-0.1, -0.05) is 23.7 Å². The number of halogens is 1. The highest BCUT2D eigenvalue weighted by Gasteiger charge is 2.18. The molecule has 5 heteroatoms. The number of nitrogens with zero attached hydrogens (tertiary/aromatic N) is 2. The molecule has 1 atom stereocenters. The van der Waals surface area contributed by atoms with Crippen LogP contribution in [0.15, 0.2) is 24.5 Å². The van der Waals surface area contributed by atoms with Gasteiger partial charge >= 0.3 is 0 Å². The van der Waals surface area contributed by atoms with Crippen molar-refractivity contribution in [3.63, 3.8) is 0 Å². The Hall–Kier alpha value is -1.65. The molecule has 19 heavy (non-hydrogen) atoms. The normalized spacial score (nSPS) is 19.5. The van der Waals surface area contributed by atoms with E-state index in [-0.39, 0.29) is 0 Å². The SMILES string of the molecule is Clc1ncnc2[nH]c3cc(C4CCNC4)ccc3c12. The molecule has 1 fully saturated rings. The number of aromatic amines is 1. The van der Waals surface area contributed by atoms with Gasteiger partial charge in [-0.25, -0.2) is 9.97 Å². The highest BCUT2D eigenvalue weighted by atomic mass is 35.5. The monoisotopic (exact) mass is 272 g/mol. The maximum Gasteiger partial charge on any atom is 0.143 e. The Labute approximate surface area is 115 Å². The summed E-state index contributed by atoms with van der Waals surface area (Å²) in [6.45, 7) is 2.17. The predicted molar refractivity (Wildman–Crippen MR) is 76.6 cm³/mol. The van der Waals surface area contributed by atoms with E-state index in [1.807, 2.05) is 0 Å². The Morgan fingerprint density at radius 1 is 1.26 bits per heavy atom. The van der Waals surface area contributed by atoms with E-state index in [2.05, 4.69) is 38.5 Å². The average Bonchev–Trinajstić information content (AvgIpc) is 3.05. The van der Waals surface area contributed by atoms with Crippen LogP contribution in [0, 0.1) is 0 Å². The van der Waals surface area contributed by atoms with Crippen molar-refractivity contribution in [1.82, 2.24) is 20.3 Å². The third kappa shape index (κ3) is 1.71. The molecule has 0 radical (unpaired) electrons. The van der Waals surface area contributed by atoms with Gasteiger partial charge < -0.3 is 10.3 Å². The summed E-state index contributed by atoms with van der Waals surface area (Å²) >= 11 is 6.16. The van der Waals surface area contributed by atoms with Crippen LogP contribution in [0.25, 0.3) is 21.9 Å². The fourth-order valence-electron chi connectivity index (χ4n) is 2.90. The molecule has 4 nitrogen and oxygen atoms in total. The first kappa shape index (κ1) is 11.2. The van der Waals surface area contributed by atoms with Crippen molar-refractivity contribution in [2.24, 2.45) is 0 Å². The van der Waals surface area contributed by atoms with Crippen LogP contribution < -0.4 is 5.32 Å². The van der Waals surface area contributed by atoms with Gasteiger partial charge in [0, 0.05) is 17.4 Å². The van der Waals surface area contributed by atoms with Crippen LogP contribution >= 0.6 is 11.6 Å². The second kappa shape index (κ2) is 4.18. The van der Waals surface area contributed by atoms with E-state index in [4.69, 9.17) is 11.6 Å². The summed E-state index contributed by atoms with van der Waals surface area (Å²) in [6.07, 6.45) is 2.69. The van der Waals surface area contributed by atoms with Gasteiger partial charge in [0.15, 0.2) is 0 Å². The molecule has 0 amide bonds. The highest BCUT2D eigenvalue weighted by Crippen LogP contribution is 2.31. The van der Waals surface area contributed by atoms with Gasteiger partial charge in [0.05, 0.1) is 5.39 Å². The minimum atomic E-state index is 0.506. The van der Waals surface area contributed by atoms with Crippen molar-refractivity contribution in [2.45, 2.75) is 12.3 Å². The number of hydrogen-bond donors (Lipinski definition) is 2. The summed E-state index contributed by atoms with van der Waals surface area (Å²) in [7, 11) is 0. The molecule has 3 heterocycles. The molecule has 1 aliphatic heterocycles. The lowest BCUT2D eigenvalue weighted by molar-refractivity contribution is 0.764. The van der Waals surface area contributed by atoms with Gasteiger partial charge in [0.2, 0.25) is 0 Å². The lowest BCUT2D eigenvalue weighted by atomic mass is 9.97. The van der Waals surface area contributed by atoms with Gasteiger partial charge in [-0.2, -0.15) is 0 Å². The van der Waals surface area contributed by atoms with Crippen molar-refractivity contribution >= 4 is 33.5 Å². The standard InChI is InChI=1S/C14H13ClN4/c15-13-12-10-2-1-8(9-3-4-16-6-9)5-11(10)19-14(12)18-7-17-13/h1-2,5,7,9,16H,3-4,6H2,(H,17,18,19). The molecular weight excluding hydrogens is 260 g/mol. The van der Waals surface area contributed by atoms with E-state index in [9.17, 15) is 0 Å². The minimum absolute atomic E-state index is 0.506. The van der Waals surface area contributed by atoms with Crippen LogP contribution in [0.5, 0.6) is 0 Å². The fourth-order valence-corrected chi connectivity index (χ4v) is 3.14. The van der Waals surface area contributed by atoms with Crippen LogP contribution in [-0.2, 0) is 0 Å². The summed E-state index contributed by atoms with van der Waals surface area (Å²) in [5.41, 5.74) is 3.26. The molecule has 2 aromatic heterocycles. The largest absolute Gasteiger partial charge is 0.339 e. The molecule has 1 saturated heterocycles. The quantitative estimate of drug-likeness (QED) is 0.670. The van der Waals surface area contributed by atoms with E-state index in [0.29, 0.717) is 11.1 Å². The maximum absolute atomic E-state index is 6.16. The van der Waals surface area contributed by atoms with Crippen molar-refractivity contribution in [1.29, 1.82) is 0 Å². The average molecular weight is 273 g/mol. The van der Waals surface area contributed by atoms with E-state index in [0.717, 1.165) is 35.0 Å². The molecule has 1 aromatic carbocycles. The molecule has 0 aliphatic carbocycles. The number of nitrogens with one attached hydrogen (secondary N) is 2. The summed E-state index contributed by atoms with van der Waals surface area (Å²) in [6, 6.07) is 6.53. The van der Waals surface area contributed by atoms with Crippen LogP contribution in [-0.4, -0.2) is 28.0 Å². The zero-order valence-corrected chi connectivity index (χ0v) is 11.0. The Morgan fingerprint density at radius 2 is 2.21 bits per heavy atom. The van der Waals surface area contributed by atoms with Gasteiger partial charge in [-0.15, -0.1) is 0 Å². The first-order chi connectivity index (χ1) is 9.33. The summed E-state index contributed by atoms with van der Waals surface area (Å²) in [5, 5.41) is 5.91. The smallest absolute Gasteiger partial charge is 0.143 e. The van der Waals surface area contributed by atoms with Crippen molar-refractivity contribution in [3.05, 3.63) is 35.2 Å². The van der Waals surface area contributed by atoms with E-state index in [1.165, 1.54) is 18.3 Å². The molecular formula is C14H13ClN4. The first-order valence-electron chi connectivity index (χ1n) is 6.45. The number of hydrogen-bond acceptors (Lipinski definition) is 3. The van der Waals surface area contributed by atoms with Crippen LogP contribution in [0.1, 0.15) is 17.9 Å². The molecule has 1 aliphatic rings. The first-order valence-corrected chi connectivity index (χ1v) is 6.83. The summed E-state index contributed by atoms with van der Waals surface area (Å²) in [4.78, 5) is 11.6. The Balaban J connectivity index is 1.94. The molecule has 0 bridgehead atoms. The van der Waals surface area contributed by atoms with Gasteiger partial charge in [0.25, 0.3) is 0 Å². The Kier molecular flexibility index (Phi) is 2.47. The number of aromatic nitrogens is 3. The Morgan fingerprint density at radius 3 is 3.05 bits per heavy atom. The second-order valence-electron chi connectivity index (χ2n) is 5.01. The van der Waals surface area contributed by atoms with Crippen molar-refractivity contribution in [3.8, 4) is 0 Å². The number of H-pyrrole nitrogens is 1. The lowest BCUT2D eigenvalue weighted by Gasteiger charge is -2.08. The van der Waals surface area contributed by atoms with Gasteiger partial charge in [-0.3, -0.25) is 0 Å². The molecule has 0 spiro atoms. The fraction of sp³-hybridized carbons (Fsp3) is 0.286. The Bertz CT molecular complexity index is 759. The summed E-state index contributed by atoms with van der Waals surface area (Å²) in [5.74, 6) is 0.609. The molecule has 3 aromatic rings. The van der Waals surface area contributed by atoms with E-state index >= 15 is 0 Å². The minimum Gasteiger partial charge on any atom is -0.339 e. The van der Waals surface area contributed by atoms with Crippen LogP contribution in [0.3, 0.4) is 0 Å². The third-order valence-corrected chi connectivity index (χ3v) is 4.19. The van der Waals surface area contributed by atoms with Crippen LogP contribution in [0.2, 0.25) is 5.15 Å². The predicted octanol–water partition coefficient (Wildman–Crippen LogP) is 2.84. The number of fused-ring (bicyclic) bond motifs is 3. The third-order valence-electron chi connectivity index (χ3n) is 3.90. The summed E-state index contributed by atoms with van der Waals surface area (Å²) < 4.78 is 0. The molecule has 2 N–H and O–H groups in total. The zero-order chi connectivity index (χ0) is 12.8. The van der Waals surface area contributed by atoms with Crippen molar-refractivity contribution in [2.75, 3.05) is 13.1 Å². The van der Waals surface area contributed by atoms with E-state index < -0.39 is 0 Å². The van der Waals surface area contributed by atoms with Crippen molar-refractivity contribution < 1.29 is 0 Å². The molecule has 0 saturated carbocycles. The van der Waals surface area contributed by atoms with Gasteiger partial charge in [-0.05, 0) is 30.5 Å². The topological polar surface area (TPSA) is 53.6 Å². The molecule has 4 rings (SSSR count). The highest BCUT2D eigenvalue weighted by molar-refractivity contribution is 6.36. The van der Waals surface area contributed by atoms with Crippen LogP contribution in [0.4, 0.5) is 0 Å². The molecule has 96 valence electrons. The number of rotatable bonds is 1. The molecule has 1 unspecified atom stereocenters. The second-order valence-corrected chi connectivity index (χ2v) is 5.37. The zero-order valence-electron chi connectivity index (χ0n) is 10.3. The maximum atomic E-state index is 6.16. The number of benzene rings is 1.